The quantitative estimate of drug-likeness (QED) is 0.538. The summed E-state index contributed by atoms with van der Waals surface area (Å²) in [5.41, 5.74) is 0. The third-order valence-electron chi connectivity index (χ3n) is 2.60. The lowest BCUT2D eigenvalue weighted by Crippen LogP contribution is -2.04. The molecule has 0 aromatic rings. The molecule has 64 valence electrons. The van der Waals surface area contributed by atoms with Crippen molar-refractivity contribution in [3.8, 4) is 0 Å². The van der Waals surface area contributed by atoms with Crippen LogP contribution in [0.5, 0.6) is 0 Å². The van der Waals surface area contributed by atoms with Gasteiger partial charge >= 0.3 is 0 Å². The zero-order chi connectivity index (χ0) is 7.94. The Hall–Kier alpha value is -0.260. The van der Waals surface area contributed by atoms with E-state index < -0.39 is 0 Å². The Balaban J connectivity index is 2.09. The van der Waals surface area contributed by atoms with Gasteiger partial charge in [0.15, 0.2) is 0 Å². The van der Waals surface area contributed by atoms with Crippen LogP contribution in [0.25, 0.3) is 0 Å². The van der Waals surface area contributed by atoms with E-state index in [9.17, 15) is 0 Å². The molecule has 0 bridgehead atoms. The molecule has 0 unspecified atom stereocenters. The summed E-state index contributed by atoms with van der Waals surface area (Å²) < 4.78 is 0. The fraction of sp³-hybridized carbons (Fsp3) is 0.818. The third kappa shape index (κ3) is 3.60. The molecule has 0 aromatic carbocycles. The van der Waals surface area contributed by atoms with Gasteiger partial charge in [-0.05, 0) is 18.8 Å². The molecule has 0 heteroatoms. The Morgan fingerprint density at radius 3 is 2.45 bits per heavy atom. The summed E-state index contributed by atoms with van der Waals surface area (Å²) in [6.07, 6.45) is 14.6. The predicted octanol–water partition coefficient (Wildman–Crippen LogP) is 3.92. The first-order valence-corrected chi connectivity index (χ1v) is 5.08. The largest absolute Gasteiger partial charge is 0.0888 e. The number of rotatable bonds is 3. The molecular formula is C11H20. The predicted molar refractivity (Wildman–Crippen MR) is 50.6 cm³/mol. The van der Waals surface area contributed by atoms with Crippen LogP contribution in [0.15, 0.2) is 12.2 Å². The van der Waals surface area contributed by atoms with E-state index in [2.05, 4.69) is 19.1 Å². The molecule has 1 rings (SSSR count). The van der Waals surface area contributed by atoms with Crippen LogP contribution in [0.3, 0.4) is 0 Å². The lowest BCUT2D eigenvalue weighted by Gasteiger charge is -2.19. The molecular weight excluding hydrogens is 132 g/mol. The lowest BCUT2D eigenvalue weighted by molar-refractivity contribution is 0.361. The van der Waals surface area contributed by atoms with Crippen LogP contribution in [-0.4, -0.2) is 0 Å². The first-order valence-electron chi connectivity index (χ1n) is 5.08. The summed E-state index contributed by atoms with van der Waals surface area (Å²) in [6, 6.07) is 0. The van der Waals surface area contributed by atoms with Gasteiger partial charge in [0.2, 0.25) is 0 Å². The second kappa shape index (κ2) is 5.40. The van der Waals surface area contributed by atoms with E-state index in [0.717, 1.165) is 5.92 Å². The highest BCUT2D eigenvalue weighted by Gasteiger charge is 2.10. The van der Waals surface area contributed by atoms with E-state index in [1.807, 2.05) is 0 Å². The Morgan fingerprint density at radius 2 is 1.82 bits per heavy atom. The summed E-state index contributed by atoms with van der Waals surface area (Å²) in [6.45, 7) is 2.21. The molecule has 0 heterocycles. The smallest absolute Gasteiger partial charge is 0.0322 e. The van der Waals surface area contributed by atoms with Gasteiger partial charge < -0.3 is 0 Å². The van der Waals surface area contributed by atoms with Gasteiger partial charge in [0.25, 0.3) is 0 Å². The molecule has 0 aromatic heterocycles. The fourth-order valence-electron chi connectivity index (χ4n) is 1.88. The van der Waals surface area contributed by atoms with Crippen LogP contribution in [0.4, 0.5) is 0 Å². The molecule has 0 atom stereocenters. The van der Waals surface area contributed by atoms with Crippen molar-refractivity contribution < 1.29 is 0 Å². The summed E-state index contributed by atoms with van der Waals surface area (Å²) in [7, 11) is 0. The summed E-state index contributed by atoms with van der Waals surface area (Å²) >= 11 is 0. The standard InChI is InChI=1S/C11H20/c1-2-3-5-8-11-9-6-4-7-10-11/h3,5,11H,2,4,6-10H2,1H3/b5-3+. The molecule has 1 aliphatic rings. The summed E-state index contributed by atoms with van der Waals surface area (Å²) in [5.74, 6) is 1.02. The van der Waals surface area contributed by atoms with E-state index in [4.69, 9.17) is 0 Å². The molecule has 0 aliphatic heterocycles. The van der Waals surface area contributed by atoms with E-state index in [-0.39, 0.29) is 0 Å². The van der Waals surface area contributed by atoms with Crippen molar-refractivity contribution in [2.24, 2.45) is 5.92 Å². The SMILES string of the molecule is CC/C=C/CC1CCCCC1. The first-order chi connectivity index (χ1) is 5.43. The van der Waals surface area contributed by atoms with E-state index in [0.29, 0.717) is 0 Å². The van der Waals surface area contributed by atoms with Crippen molar-refractivity contribution in [1.82, 2.24) is 0 Å². The van der Waals surface area contributed by atoms with Gasteiger partial charge in [-0.25, -0.2) is 0 Å². The van der Waals surface area contributed by atoms with Gasteiger partial charge in [-0.15, -0.1) is 0 Å². The Kier molecular flexibility index (Phi) is 4.33. The van der Waals surface area contributed by atoms with Crippen LogP contribution in [0.2, 0.25) is 0 Å². The monoisotopic (exact) mass is 152 g/mol. The van der Waals surface area contributed by atoms with Crippen LogP contribution in [0, 0.1) is 5.92 Å². The van der Waals surface area contributed by atoms with Gasteiger partial charge in [-0.3, -0.25) is 0 Å². The molecule has 0 nitrogen and oxygen atoms in total. The summed E-state index contributed by atoms with van der Waals surface area (Å²) in [5, 5.41) is 0. The van der Waals surface area contributed by atoms with Gasteiger partial charge in [0, 0.05) is 0 Å². The Labute approximate surface area is 70.7 Å². The van der Waals surface area contributed by atoms with Gasteiger partial charge in [-0.1, -0.05) is 51.2 Å². The Morgan fingerprint density at radius 1 is 1.09 bits per heavy atom. The third-order valence-corrected chi connectivity index (χ3v) is 2.60. The van der Waals surface area contributed by atoms with Gasteiger partial charge in [0.1, 0.15) is 0 Å². The van der Waals surface area contributed by atoms with E-state index >= 15 is 0 Å². The molecule has 1 aliphatic carbocycles. The van der Waals surface area contributed by atoms with Crippen LogP contribution < -0.4 is 0 Å². The number of allylic oxidation sites excluding steroid dienone is 2. The maximum absolute atomic E-state index is 2.37. The van der Waals surface area contributed by atoms with Crippen molar-refractivity contribution in [2.75, 3.05) is 0 Å². The zero-order valence-corrected chi connectivity index (χ0v) is 7.68. The summed E-state index contributed by atoms with van der Waals surface area (Å²) in [4.78, 5) is 0. The minimum Gasteiger partial charge on any atom is -0.0888 e. The highest BCUT2D eigenvalue weighted by atomic mass is 14.2. The molecule has 0 N–H and O–H groups in total. The highest BCUT2D eigenvalue weighted by molar-refractivity contribution is 4.83. The van der Waals surface area contributed by atoms with Crippen molar-refractivity contribution in [3.63, 3.8) is 0 Å². The zero-order valence-electron chi connectivity index (χ0n) is 7.68. The van der Waals surface area contributed by atoms with E-state index in [1.54, 1.807) is 0 Å². The van der Waals surface area contributed by atoms with Crippen molar-refractivity contribution >= 4 is 0 Å². The highest BCUT2D eigenvalue weighted by Crippen LogP contribution is 2.26. The van der Waals surface area contributed by atoms with Crippen molar-refractivity contribution in [1.29, 1.82) is 0 Å². The first kappa shape index (κ1) is 8.83. The fourth-order valence-corrected chi connectivity index (χ4v) is 1.88. The second-order valence-corrected chi connectivity index (χ2v) is 3.62. The normalized spacial score (nSPS) is 21.2. The molecule has 0 radical (unpaired) electrons. The minimum absolute atomic E-state index is 1.02. The van der Waals surface area contributed by atoms with Gasteiger partial charge in [-0.2, -0.15) is 0 Å². The molecule has 0 saturated heterocycles. The minimum atomic E-state index is 1.02. The Bertz CT molecular complexity index is 107. The van der Waals surface area contributed by atoms with E-state index in [1.165, 1.54) is 44.9 Å². The molecule has 0 amide bonds. The average Bonchev–Trinajstić information content (AvgIpc) is 2.07. The van der Waals surface area contributed by atoms with Crippen molar-refractivity contribution in [2.45, 2.75) is 51.9 Å². The number of hydrogen-bond donors (Lipinski definition) is 0. The van der Waals surface area contributed by atoms with Crippen molar-refractivity contribution in [3.05, 3.63) is 12.2 Å². The molecule has 1 fully saturated rings. The van der Waals surface area contributed by atoms with Gasteiger partial charge in [0.05, 0.1) is 0 Å². The second-order valence-electron chi connectivity index (χ2n) is 3.62. The van der Waals surface area contributed by atoms with Crippen LogP contribution >= 0.6 is 0 Å². The average molecular weight is 152 g/mol. The topological polar surface area (TPSA) is 0 Å². The lowest BCUT2D eigenvalue weighted by atomic mass is 9.87. The molecule has 1 saturated carbocycles. The molecule has 11 heavy (non-hydrogen) atoms. The van der Waals surface area contributed by atoms with Crippen LogP contribution in [-0.2, 0) is 0 Å². The van der Waals surface area contributed by atoms with Crippen LogP contribution in [0.1, 0.15) is 51.9 Å². The number of hydrogen-bond acceptors (Lipinski definition) is 0. The maximum Gasteiger partial charge on any atom is -0.0322 e. The molecule has 0 spiro atoms. The maximum atomic E-state index is 2.37.